The second-order valence-electron chi connectivity index (χ2n) is 3.19. The van der Waals surface area contributed by atoms with Crippen LogP contribution in [0.25, 0.3) is 0 Å². The zero-order chi connectivity index (χ0) is 9.64. The first-order chi connectivity index (χ1) is 6.00. The Morgan fingerprint density at radius 3 is 2.31 bits per heavy atom. The molecule has 0 nitrogen and oxygen atoms in total. The topological polar surface area (TPSA) is 0 Å². The van der Waals surface area contributed by atoms with Crippen molar-refractivity contribution in [1.82, 2.24) is 0 Å². The number of hydrogen-bond donors (Lipinski definition) is 0. The molecule has 0 amide bonds. The minimum atomic E-state index is -0.853. The molecule has 1 fully saturated rings. The molecule has 1 aromatic rings. The third-order valence-electron chi connectivity index (χ3n) is 2.17. The lowest BCUT2D eigenvalue weighted by molar-refractivity contribution is 0.507. The van der Waals surface area contributed by atoms with Gasteiger partial charge in [0.15, 0.2) is 11.6 Å². The van der Waals surface area contributed by atoms with Crippen LogP contribution >= 0.6 is 23.2 Å². The van der Waals surface area contributed by atoms with Crippen molar-refractivity contribution in [1.29, 1.82) is 0 Å². The van der Waals surface area contributed by atoms with Gasteiger partial charge < -0.3 is 0 Å². The maximum Gasteiger partial charge on any atom is 0.159 e. The fraction of sp³-hybridized carbons (Fsp3) is 0.333. The Balaban J connectivity index is 2.29. The first-order valence-corrected chi connectivity index (χ1v) is 4.59. The number of alkyl halides is 2. The second kappa shape index (κ2) is 2.82. The molecule has 0 spiro atoms. The van der Waals surface area contributed by atoms with Gasteiger partial charge >= 0.3 is 0 Å². The van der Waals surface area contributed by atoms with Gasteiger partial charge in [0.25, 0.3) is 0 Å². The van der Waals surface area contributed by atoms with Crippen molar-refractivity contribution in [2.75, 3.05) is 0 Å². The van der Waals surface area contributed by atoms with Gasteiger partial charge in [-0.15, -0.1) is 23.2 Å². The standard InChI is InChI=1S/C9H6Cl2F2/c10-9(11)4-6(9)5-1-2-7(12)8(13)3-5/h1-3,6H,4H2. The van der Waals surface area contributed by atoms with Crippen LogP contribution in [0.4, 0.5) is 8.78 Å². The predicted molar refractivity (Wildman–Crippen MR) is 48.2 cm³/mol. The summed E-state index contributed by atoms with van der Waals surface area (Å²) in [6.07, 6.45) is 0.598. The van der Waals surface area contributed by atoms with Crippen LogP contribution in [0.2, 0.25) is 0 Å². The largest absolute Gasteiger partial charge is 0.204 e. The van der Waals surface area contributed by atoms with E-state index in [0.717, 1.165) is 12.1 Å². The molecule has 1 atom stereocenters. The van der Waals surface area contributed by atoms with E-state index in [-0.39, 0.29) is 5.92 Å². The molecule has 4 heteroatoms. The van der Waals surface area contributed by atoms with Crippen LogP contribution in [0.5, 0.6) is 0 Å². The van der Waals surface area contributed by atoms with Crippen molar-refractivity contribution in [3.05, 3.63) is 35.4 Å². The van der Waals surface area contributed by atoms with Crippen molar-refractivity contribution in [3.8, 4) is 0 Å². The molecule has 0 aliphatic heterocycles. The molecule has 0 radical (unpaired) electrons. The fourth-order valence-electron chi connectivity index (χ4n) is 1.30. The van der Waals surface area contributed by atoms with Gasteiger partial charge in [0.2, 0.25) is 0 Å². The van der Waals surface area contributed by atoms with Crippen LogP contribution in [0.15, 0.2) is 18.2 Å². The van der Waals surface area contributed by atoms with E-state index in [1.807, 2.05) is 0 Å². The SMILES string of the molecule is Fc1ccc(C2CC2(Cl)Cl)cc1F. The highest BCUT2D eigenvalue weighted by Crippen LogP contribution is 2.59. The first kappa shape index (κ1) is 9.22. The zero-order valence-corrected chi connectivity index (χ0v) is 8.04. The third-order valence-corrected chi connectivity index (χ3v) is 3.01. The third kappa shape index (κ3) is 1.65. The second-order valence-corrected chi connectivity index (χ2v) is 4.73. The summed E-state index contributed by atoms with van der Waals surface area (Å²) in [7, 11) is 0. The lowest BCUT2D eigenvalue weighted by Crippen LogP contribution is -1.92. The number of hydrogen-bond acceptors (Lipinski definition) is 0. The number of rotatable bonds is 1. The summed E-state index contributed by atoms with van der Waals surface area (Å²) >= 11 is 11.6. The fourth-order valence-corrected chi connectivity index (χ4v) is 1.86. The maximum absolute atomic E-state index is 12.8. The van der Waals surface area contributed by atoms with Crippen molar-refractivity contribution in [2.45, 2.75) is 16.7 Å². The van der Waals surface area contributed by atoms with Gasteiger partial charge in [-0.2, -0.15) is 0 Å². The summed E-state index contributed by atoms with van der Waals surface area (Å²) in [5.41, 5.74) is 0.656. The van der Waals surface area contributed by atoms with Crippen molar-refractivity contribution < 1.29 is 8.78 Å². The maximum atomic E-state index is 12.8. The molecular weight excluding hydrogens is 217 g/mol. The smallest absolute Gasteiger partial charge is 0.159 e. The lowest BCUT2D eigenvalue weighted by atomic mass is 10.1. The van der Waals surface area contributed by atoms with Crippen LogP contribution in [0, 0.1) is 11.6 Å². The average molecular weight is 223 g/mol. The molecule has 1 aliphatic carbocycles. The van der Waals surface area contributed by atoms with E-state index in [9.17, 15) is 8.78 Å². The minimum Gasteiger partial charge on any atom is -0.204 e. The summed E-state index contributed by atoms with van der Waals surface area (Å²) in [6.45, 7) is 0. The van der Waals surface area contributed by atoms with Crippen molar-refractivity contribution >= 4 is 23.2 Å². The Morgan fingerprint density at radius 2 is 1.85 bits per heavy atom. The normalized spacial score (nSPS) is 24.5. The molecule has 0 N–H and O–H groups in total. The Hall–Kier alpha value is -0.340. The molecule has 0 heterocycles. The highest BCUT2D eigenvalue weighted by atomic mass is 35.5. The summed E-state index contributed by atoms with van der Waals surface area (Å²) in [5.74, 6) is -1.77. The summed E-state index contributed by atoms with van der Waals surface area (Å²) in [4.78, 5) is 0. The number of benzene rings is 1. The van der Waals surface area contributed by atoms with E-state index in [0.29, 0.717) is 12.0 Å². The molecular formula is C9H6Cl2F2. The molecule has 0 bridgehead atoms. The molecule has 1 unspecified atom stereocenters. The summed E-state index contributed by atoms with van der Waals surface area (Å²) in [6, 6.07) is 3.74. The molecule has 0 aromatic heterocycles. The molecule has 1 aromatic carbocycles. The lowest BCUT2D eigenvalue weighted by Gasteiger charge is -2.00. The quantitative estimate of drug-likeness (QED) is 0.637. The van der Waals surface area contributed by atoms with E-state index in [1.165, 1.54) is 6.07 Å². The monoisotopic (exact) mass is 222 g/mol. The van der Waals surface area contributed by atoms with Gasteiger partial charge in [-0.3, -0.25) is 0 Å². The Labute approximate surface area is 84.5 Å². The van der Waals surface area contributed by atoms with E-state index < -0.39 is 16.0 Å². The van der Waals surface area contributed by atoms with Crippen LogP contribution in [0.1, 0.15) is 17.9 Å². The first-order valence-electron chi connectivity index (χ1n) is 3.83. The summed E-state index contributed by atoms with van der Waals surface area (Å²) in [5, 5.41) is 0. The van der Waals surface area contributed by atoms with E-state index in [2.05, 4.69) is 0 Å². The Kier molecular flexibility index (Phi) is 2.00. The predicted octanol–water partition coefficient (Wildman–Crippen LogP) is 3.63. The van der Waals surface area contributed by atoms with Gasteiger partial charge in [0, 0.05) is 5.92 Å². The molecule has 70 valence electrons. The molecule has 1 saturated carbocycles. The van der Waals surface area contributed by atoms with Gasteiger partial charge in [0.05, 0.1) is 0 Å². The van der Waals surface area contributed by atoms with Gasteiger partial charge in [-0.1, -0.05) is 6.07 Å². The molecule has 13 heavy (non-hydrogen) atoms. The Morgan fingerprint density at radius 1 is 1.23 bits per heavy atom. The Bertz CT molecular complexity index is 349. The van der Waals surface area contributed by atoms with Crippen LogP contribution in [-0.2, 0) is 0 Å². The van der Waals surface area contributed by atoms with E-state index in [1.54, 1.807) is 0 Å². The van der Waals surface area contributed by atoms with E-state index in [4.69, 9.17) is 23.2 Å². The summed E-state index contributed by atoms with van der Waals surface area (Å²) < 4.78 is 24.5. The van der Waals surface area contributed by atoms with E-state index >= 15 is 0 Å². The van der Waals surface area contributed by atoms with Gasteiger partial charge in [-0.05, 0) is 24.1 Å². The highest BCUT2D eigenvalue weighted by Gasteiger charge is 2.52. The zero-order valence-electron chi connectivity index (χ0n) is 6.53. The van der Waals surface area contributed by atoms with Gasteiger partial charge in [-0.25, -0.2) is 8.78 Å². The van der Waals surface area contributed by atoms with Crippen LogP contribution < -0.4 is 0 Å². The average Bonchev–Trinajstić information content (AvgIpc) is 2.66. The molecule has 0 saturated heterocycles. The van der Waals surface area contributed by atoms with Crippen LogP contribution in [0.3, 0.4) is 0 Å². The van der Waals surface area contributed by atoms with Crippen molar-refractivity contribution in [2.24, 2.45) is 0 Å². The molecule has 2 rings (SSSR count). The van der Waals surface area contributed by atoms with Crippen molar-refractivity contribution in [3.63, 3.8) is 0 Å². The molecule has 1 aliphatic rings. The van der Waals surface area contributed by atoms with Crippen LogP contribution in [-0.4, -0.2) is 4.33 Å². The minimum absolute atomic E-state index is 0.0640. The number of halogens is 4. The highest BCUT2D eigenvalue weighted by molar-refractivity contribution is 6.51. The van der Waals surface area contributed by atoms with Gasteiger partial charge in [0.1, 0.15) is 4.33 Å².